The quantitative estimate of drug-likeness (QED) is 0.0325. The molecule has 5 rings (SSSR count). The van der Waals surface area contributed by atoms with E-state index in [0.717, 1.165) is 22.3 Å². The van der Waals surface area contributed by atoms with Crippen LogP contribution < -0.4 is 9.47 Å². The lowest BCUT2D eigenvalue weighted by atomic mass is 9.37. The zero-order valence-corrected chi connectivity index (χ0v) is 36.4. The molecule has 0 aromatic heterocycles. The smallest absolute Gasteiger partial charge is 0.343 e. The Kier molecular flexibility index (Phi) is 14.0. The van der Waals surface area contributed by atoms with Gasteiger partial charge in [-0.1, -0.05) is 89.9 Å². The molecule has 0 saturated heterocycles. The Bertz CT molecular complexity index is 2310. The number of fused-ring (bicyclic) bond motifs is 2. The number of carbonyl (C=O) groups is 5. The van der Waals surface area contributed by atoms with Crippen LogP contribution in [0.2, 0.25) is 0 Å². The van der Waals surface area contributed by atoms with Crippen LogP contribution in [0.3, 0.4) is 0 Å². The van der Waals surface area contributed by atoms with Crippen molar-refractivity contribution in [1.82, 2.24) is 0 Å². The fraction of sp³-hybridized carbons (Fsp3) is 0.365. The highest BCUT2D eigenvalue weighted by Gasteiger charge is 2.74. The second-order valence-electron chi connectivity index (χ2n) is 17.5. The number of ketones is 3. The van der Waals surface area contributed by atoms with Crippen LogP contribution in [0.25, 0.3) is 5.76 Å². The summed E-state index contributed by atoms with van der Waals surface area (Å²) in [5.41, 5.74) is -0.276. The fourth-order valence-corrected chi connectivity index (χ4v) is 8.74. The Morgan fingerprint density at radius 3 is 1.70 bits per heavy atom. The molecule has 2 fully saturated rings. The maximum Gasteiger partial charge on any atom is 0.343 e. The van der Waals surface area contributed by atoms with Gasteiger partial charge in [-0.3, -0.25) is 14.4 Å². The van der Waals surface area contributed by atoms with E-state index in [1.807, 2.05) is 74.5 Å². The molecule has 1 N–H and O–H groups in total. The molecule has 0 aliphatic heterocycles. The molecule has 4 atom stereocenters. The van der Waals surface area contributed by atoms with Crippen molar-refractivity contribution in [2.75, 3.05) is 0 Å². The Morgan fingerprint density at radius 2 is 1.17 bits per heavy atom. The van der Waals surface area contributed by atoms with E-state index in [9.17, 15) is 14.7 Å². The molecule has 314 valence electrons. The highest BCUT2D eigenvalue weighted by atomic mass is 16.6. The second kappa shape index (κ2) is 18.6. The normalized spacial score (nSPS) is 22.9. The van der Waals surface area contributed by atoms with Gasteiger partial charge in [0.1, 0.15) is 16.7 Å². The van der Waals surface area contributed by atoms with Crippen molar-refractivity contribution in [3.8, 4) is 11.5 Å². The van der Waals surface area contributed by atoms with E-state index < -0.39 is 56.9 Å². The summed E-state index contributed by atoms with van der Waals surface area (Å²) in [5, 5.41) is 12.4. The van der Waals surface area contributed by atoms with Crippen LogP contribution >= 0.6 is 0 Å². The lowest BCUT2D eigenvalue weighted by Gasteiger charge is -2.61. The molecule has 0 amide bonds. The first kappa shape index (κ1) is 45.2. The molecular weight excluding hydrogens is 753 g/mol. The largest absolute Gasteiger partial charge is 0.506 e. The van der Waals surface area contributed by atoms with Crippen molar-refractivity contribution < 1.29 is 38.6 Å². The van der Waals surface area contributed by atoms with Crippen molar-refractivity contribution in [3.05, 3.63) is 148 Å². The molecule has 0 spiro atoms. The number of Topliss-reactive ketones (excluding diaryl/α,β-unsaturated/α-hetero) is 3. The first-order chi connectivity index (χ1) is 28.4. The van der Waals surface area contributed by atoms with Crippen molar-refractivity contribution in [2.45, 2.75) is 101 Å². The maximum atomic E-state index is 15.7. The van der Waals surface area contributed by atoms with Crippen LogP contribution in [0.5, 0.6) is 11.5 Å². The molecular formula is C52H58O8. The summed E-state index contributed by atoms with van der Waals surface area (Å²) in [7, 11) is 0. The van der Waals surface area contributed by atoms with E-state index in [1.165, 1.54) is 18.2 Å². The zero-order valence-electron chi connectivity index (χ0n) is 36.4. The van der Waals surface area contributed by atoms with Gasteiger partial charge >= 0.3 is 11.9 Å². The lowest BCUT2D eigenvalue weighted by molar-refractivity contribution is -0.178. The molecule has 0 heterocycles. The Morgan fingerprint density at radius 1 is 0.650 bits per heavy atom. The first-order valence-corrected chi connectivity index (χ1v) is 20.7. The number of esters is 2. The van der Waals surface area contributed by atoms with Crippen molar-refractivity contribution >= 4 is 35.0 Å². The zero-order chi connectivity index (χ0) is 44.0. The van der Waals surface area contributed by atoms with Crippen LogP contribution in [0.1, 0.15) is 127 Å². The number of allylic oxidation sites excluding steroid dienone is 9. The van der Waals surface area contributed by atoms with Gasteiger partial charge in [0.05, 0.1) is 16.5 Å². The molecule has 0 unspecified atom stereocenters. The Balaban J connectivity index is 1.79. The summed E-state index contributed by atoms with van der Waals surface area (Å²) in [4.78, 5) is 73.3. The van der Waals surface area contributed by atoms with Gasteiger partial charge in [0.15, 0.2) is 28.8 Å². The third-order valence-electron chi connectivity index (χ3n) is 12.1. The van der Waals surface area contributed by atoms with E-state index in [0.29, 0.717) is 19.3 Å². The maximum absolute atomic E-state index is 15.7. The topological polar surface area (TPSA) is 124 Å². The van der Waals surface area contributed by atoms with Crippen molar-refractivity contribution in [3.63, 3.8) is 0 Å². The molecule has 2 saturated carbocycles. The van der Waals surface area contributed by atoms with Gasteiger partial charge in [-0.25, -0.2) is 9.59 Å². The van der Waals surface area contributed by atoms with Crippen LogP contribution in [0.4, 0.5) is 0 Å². The van der Waals surface area contributed by atoms with Gasteiger partial charge in [-0.05, 0) is 148 Å². The van der Waals surface area contributed by atoms with Crippen molar-refractivity contribution in [2.24, 2.45) is 22.2 Å². The standard InChI is InChI=1S/C52H58O8/c1-33(2)17-16-28-50(9)40(24-22-34(3)4)32-51(29-26-35(5)6)45(54)43(46(55)52(50,49(51)58)30-27-36(7)8)44(53)39-23-25-41(59-47(56)37-18-12-10-13-19-37)42(31-39)60-48(57)38-20-14-11-15-21-38/h10-15,17-23,25-27,31,40,53H,16,24,28-30,32H2,1-9H3/b44-43-/t40-,50+,51-,52+/m0/s1. The van der Waals surface area contributed by atoms with Gasteiger partial charge in [0.2, 0.25) is 0 Å². The molecule has 2 aliphatic carbocycles. The minimum absolute atomic E-state index is 0.0310. The number of aliphatic hydroxyl groups is 1. The van der Waals surface area contributed by atoms with Gasteiger partial charge in [0, 0.05) is 5.56 Å². The number of hydrogen-bond donors (Lipinski definition) is 1. The molecule has 8 nitrogen and oxygen atoms in total. The lowest BCUT2D eigenvalue weighted by Crippen LogP contribution is -2.70. The molecule has 2 bridgehead atoms. The summed E-state index contributed by atoms with van der Waals surface area (Å²) >= 11 is 0. The van der Waals surface area contributed by atoms with Gasteiger partial charge in [0.25, 0.3) is 0 Å². The second-order valence-corrected chi connectivity index (χ2v) is 17.5. The van der Waals surface area contributed by atoms with Gasteiger partial charge in [-0.15, -0.1) is 0 Å². The number of rotatable bonds is 14. The average molecular weight is 811 g/mol. The molecule has 3 aromatic carbocycles. The van der Waals surface area contributed by atoms with Crippen LogP contribution in [-0.2, 0) is 14.4 Å². The van der Waals surface area contributed by atoms with Gasteiger partial charge in [-0.2, -0.15) is 0 Å². The average Bonchev–Trinajstić information content (AvgIpc) is 3.20. The van der Waals surface area contributed by atoms with E-state index in [4.69, 9.17) is 9.47 Å². The van der Waals surface area contributed by atoms with Crippen molar-refractivity contribution in [1.29, 1.82) is 0 Å². The SMILES string of the molecule is CC(C)=CCC[C@]1(C)[C@@H](CC=C(C)C)C[C@@]2(CC=C(C)C)C(=O)/C(=C(/O)c3ccc(OC(=O)c4ccccc4)c(OC(=O)c4ccccc4)c3)C(=O)[C@]1(CC=C(C)C)C2=O. The number of benzene rings is 3. The fourth-order valence-electron chi connectivity index (χ4n) is 8.74. The Hall–Kier alpha value is -5.89. The van der Waals surface area contributed by atoms with E-state index in [-0.39, 0.29) is 53.4 Å². The Labute approximate surface area is 354 Å². The predicted octanol–water partition coefficient (Wildman–Crippen LogP) is 11.9. The minimum atomic E-state index is -1.71. The highest BCUT2D eigenvalue weighted by molar-refractivity contribution is 6.41. The number of carbonyl (C=O) groups excluding carboxylic acids is 5. The predicted molar refractivity (Wildman–Crippen MR) is 236 cm³/mol. The molecule has 8 heteroatoms. The molecule has 0 radical (unpaired) electrons. The third kappa shape index (κ3) is 8.98. The van der Waals surface area contributed by atoms with E-state index >= 15 is 14.4 Å². The summed E-state index contributed by atoms with van der Waals surface area (Å²) in [5.74, 6) is -4.55. The van der Waals surface area contributed by atoms with Crippen LogP contribution in [0.15, 0.2) is 131 Å². The monoisotopic (exact) mass is 810 g/mol. The number of hydrogen-bond acceptors (Lipinski definition) is 8. The van der Waals surface area contributed by atoms with E-state index in [1.54, 1.807) is 60.7 Å². The summed E-state index contributed by atoms with van der Waals surface area (Å²) < 4.78 is 11.5. The van der Waals surface area contributed by atoms with Crippen LogP contribution in [0, 0.1) is 22.2 Å². The third-order valence-corrected chi connectivity index (χ3v) is 12.1. The number of aliphatic hydroxyl groups excluding tert-OH is 1. The number of ether oxygens (including phenoxy) is 2. The van der Waals surface area contributed by atoms with E-state index in [2.05, 4.69) is 12.2 Å². The van der Waals surface area contributed by atoms with Crippen LogP contribution in [-0.4, -0.2) is 34.4 Å². The summed E-state index contributed by atoms with van der Waals surface area (Å²) in [6, 6.07) is 20.5. The molecule has 3 aromatic rings. The minimum Gasteiger partial charge on any atom is -0.506 e. The first-order valence-electron chi connectivity index (χ1n) is 20.7. The summed E-state index contributed by atoms with van der Waals surface area (Å²) in [6.07, 6.45) is 10.0. The molecule has 2 aliphatic rings. The summed E-state index contributed by atoms with van der Waals surface area (Å²) in [6.45, 7) is 17.7. The highest BCUT2D eigenvalue weighted by Crippen LogP contribution is 2.67. The van der Waals surface area contributed by atoms with Gasteiger partial charge < -0.3 is 14.6 Å². The molecule has 60 heavy (non-hydrogen) atoms.